The molecule has 1 N–H and O–H groups in total. The van der Waals surface area contributed by atoms with Crippen molar-refractivity contribution in [3.05, 3.63) is 48.0 Å². The van der Waals surface area contributed by atoms with E-state index in [0.29, 0.717) is 6.04 Å². The molecular formula is C16H21N3O. The lowest BCUT2D eigenvalue weighted by atomic mass is 10.1. The van der Waals surface area contributed by atoms with Gasteiger partial charge in [0.2, 0.25) is 0 Å². The van der Waals surface area contributed by atoms with Gasteiger partial charge in [0.15, 0.2) is 0 Å². The minimum atomic E-state index is 0.705. The first-order valence-corrected chi connectivity index (χ1v) is 7.21. The number of benzene rings is 1. The maximum atomic E-state index is 5.16. The molecular weight excluding hydrogens is 250 g/mol. The number of hydrogen-bond acceptors (Lipinski definition) is 3. The Bertz CT molecular complexity index is 543. The maximum absolute atomic E-state index is 5.16. The second kappa shape index (κ2) is 6.09. The average molecular weight is 271 g/mol. The van der Waals surface area contributed by atoms with Crippen LogP contribution in [-0.4, -0.2) is 23.2 Å². The number of nitrogens with zero attached hydrogens (tertiary/aromatic N) is 2. The first-order chi connectivity index (χ1) is 9.86. The van der Waals surface area contributed by atoms with Crippen LogP contribution < -0.4 is 10.1 Å². The minimum absolute atomic E-state index is 0.705. The Balaban J connectivity index is 1.44. The number of imidazole rings is 1. The molecule has 0 aliphatic heterocycles. The highest BCUT2D eigenvalue weighted by molar-refractivity contribution is 5.27. The summed E-state index contributed by atoms with van der Waals surface area (Å²) in [5.41, 5.74) is 2.62. The van der Waals surface area contributed by atoms with Gasteiger partial charge in [-0.2, -0.15) is 0 Å². The lowest BCUT2D eigenvalue weighted by Crippen LogP contribution is -2.18. The maximum Gasteiger partial charge on any atom is 0.118 e. The number of ether oxygens (including phenoxy) is 1. The lowest BCUT2D eigenvalue weighted by Gasteiger charge is -2.08. The third kappa shape index (κ3) is 3.20. The van der Waals surface area contributed by atoms with Gasteiger partial charge >= 0.3 is 0 Å². The third-order valence-corrected chi connectivity index (χ3v) is 3.74. The zero-order chi connectivity index (χ0) is 13.8. The van der Waals surface area contributed by atoms with Crippen LogP contribution in [0, 0.1) is 0 Å². The van der Waals surface area contributed by atoms with E-state index in [4.69, 9.17) is 4.74 Å². The van der Waals surface area contributed by atoms with Crippen molar-refractivity contribution in [2.24, 2.45) is 0 Å². The molecule has 1 aromatic carbocycles. The van der Waals surface area contributed by atoms with E-state index in [1.54, 1.807) is 7.11 Å². The number of rotatable bonds is 7. The molecule has 0 saturated heterocycles. The van der Waals surface area contributed by atoms with Gasteiger partial charge in [-0.3, -0.25) is 0 Å². The highest BCUT2D eigenvalue weighted by Gasteiger charge is 2.24. The number of hydrogen-bond donors (Lipinski definition) is 1. The molecule has 1 aromatic heterocycles. The van der Waals surface area contributed by atoms with E-state index in [2.05, 4.69) is 27.0 Å². The lowest BCUT2D eigenvalue weighted by molar-refractivity contribution is 0.414. The summed E-state index contributed by atoms with van der Waals surface area (Å²) in [5.74, 6) is 0.912. The van der Waals surface area contributed by atoms with Crippen LogP contribution in [0.3, 0.4) is 0 Å². The normalized spacial score (nSPS) is 14.4. The first kappa shape index (κ1) is 13.2. The fourth-order valence-corrected chi connectivity index (χ4v) is 2.39. The van der Waals surface area contributed by atoms with Crippen molar-refractivity contribution in [1.29, 1.82) is 0 Å². The molecule has 2 aromatic rings. The molecule has 0 amide bonds. The van der Waals surface area contributed by atoms with Crippen molar-refractivity contribution in [3.63, 3.8) is 0 Å². The van der Waals surface area contributed by atoms with Crippen LogP contribution in [0.1, 0.15) is 30.1 Å². The highest BCUT2D eigenvalue weighted by atomic mass is 16.5. The molecule has 106 valence electrons. The van der Waals surface area contributed by atoms with Crippen molar-refractivity contribution >= 4 is 0 Å². The summed E-state index contributed by atoms with van der Waals surface area (Å²) in [6.45, 7) is 1.87. The van der Waals surface area contributed by atoms with Crippen molar-refractivity contribution in [3.8, 4) is 5.75 Å². The van der Waals surface area contributed by atoms with E-state index in [-0.39, 0.29) is 0 Å². The van der Waals surface area contributed by atoms with Crippen LogP contribution in [0.5, 0.6) is 5.75 Å². The van der Waals surface area contributed by atoms with E-state index >= 15 is 0 Å². The van der Waals surface area contributed by atoms with Crippen LogP contribution in [-0.2, 0) is 13.0 Å². The number of methoxy groups -OCH3 is 1. The quantitative estimate of drug-likeness (QED) is 0.787. The van der Waals surface area contributed by atoms with Gasteiger partial charge in [-0.1, -0.05) is 12.1 Å². The Hall–Kier alpha value is -1.81. The van der Waals surface area contributed by atoms with Gasteiger partial charge in [0.1, 0.15) is 5.75 Å². The molecule has 1 heterocycles. The van der Waals surface area contributed by atoms with Gasteiger partial charge < -0.3 is 14.6 Å². The molecule has 0 radical (unpaired) electrons. The van der Waals surface area contributed by atoms with E-state index in [0.717, 1.165) is 25.3 Å². The van der Waals surface area contributed by atoms with Crippen molar-refractivity contribution < 1.29 is 4.74 Å². The second-order valence-electron chi connectivity index (χ2n) is 5.30. The molecule has 1 fully saturated rings. The molecule has 0 bridgehead atoms. The third-order valence-electron chi connectivity index (χ3n) is 3.74. The van der Waals surface area contributed by atoms with Crippen molar-refractivity contribution in [1.82, 2.24) is 14.9 Å². The average Bonchev–Trinajstić information content (AvgIpc) is 3.23. The van der Waals surface area contributed by atoms with Crippen molar-refractivity contribution in [2.45, 2.75) is 31.8 Å². The summed E-state index contributed by atoms with van der Waals surface area (Å²) in [5, 5.41) is 3.50. The van der Waals surface area contributed by atoms with Crippen LogP contribution in [0.2, 0.25) is 0 Å². The van der Waals surface area contributed by atoms with Crippen LogP contribution in [0.25, 0.3) is 0 Å². The zero-order valence-corrected chi connectivity index (χ0v) is 11.9. The Morgan fingerprint density at radius 3 is 2.80 bits per heavy atom. The summed E-state index contributed by atoms with van der Waals surface area (Å²) >= 11 is 0. The molecule has 1 saturated carbocycles. The van der Waals surface area contributed by atoms with Crippen molar-refractivity contribution in [2.75, 3.05) is 13.7 Å². The first-order valence-electron chi connectivity index (χ1n) is 7.21. The van der Waals surface area contributed by atoms with E-state index in [1.165, 1.54) is 24.1 Å². The van der Waals surface area contributed by atoms with Gasteiger partial charge in [0.05, 0.1) is 19.1 Å². The van der Waals surface area contributed by atoms with Gasteiger partial charge in [-0.25, -0.2) is 4.98 Å². The van der Waals surface area contributed by atoms with E-state index < -0.39 is 0 Å². The fraction of sp³-hybridized carbons (Fsp3) is 0.438. The fourth-order valence-electron chi connectivity index (χ4n) is 2.39. The smallest absolute Gasteiger partial charge is 0.118 e. The molecule has 0 spiro atoms. The largest absolute Gasteiger partial charge is 0.497 e. The summed E-state index contributed by atoms with van der Waals surface area (Å²) in [6, 6.07) is 8.97. The standard InChI is InChI=1S/C16H21N3O/c1-20-16-6-2-13(3-7-16)8-9-17-10-15-11-18-12-19(15)14-4-5-14/h2-3,6-7,11-12,14,17H,4-5,8-10H2,1H3. The highest BCUT2D eigenvalue weighted by Crippen LogP contribution is 2.35. The zero-order valence-electron chi connectivity index (χ0n) is 11.9. The Morgan fingerprint density at radius 1 is 1.30 bits per heavy atom. The van der Waals surface area contributed by atoms with Gasteiger partial charge in [-0.05, 0) is 43.5 Å². The monoisotopic (exact) mass is 271 g/mol. The number of nitrogens with one attached hydrogen (secondary N) is 1. The molecule has 1 aliphatic carbocycles. The van der Waals surface area contributed by atoms with E-state index in [1.807, 2.05) is 24.7 Å². The van der Waals surface area contributed by atoms with Crippen LogP contribution in [0.15, 0.2) is 36.8 Å². The van der Waals surface area contributed by atoms with Crippen LogP contribution >= 0.6 is 0 Å². The summed E-state index contributed by atoms with van der Waals surface area (Å²) in [6.07, 6.45) is 7.56. The molecule has 4 heteroatoms. The van der Waals surface area contributed by atoms with Gasteiger partial charge in [0.25, 0.3) is 0 Å². The Kier molecular flexibility index (Phi) is 4.02. The SMILES string of the molecule is COc1ccc(CCNCc2cncn2C2CC2)cc1. The molecule has 20 heavy (non-hydrogen) atoms. The minimum Gasteiger partial charge on any atom is -0.497 e. The Morgan fingerprint density at radius 2 is 2.10 bits per heavy atom. The van der Waals surface area contributed by atoms with E-state index in [9.17, 15) is 0 Å². The molecule has 0 unspecified atom stereocenters. The number of aromatic nitrogens is 2. The molecule has 1 aliphatic rings. The molecule has 4 nitrogen and oxygen atoms in total. The summed E-state index contributed by atoms with van der Waals surface area (Å²) < 4.78 is 7.47. The predicted octanol–water partition coefficient (Wildman–Crippen LogP) is 2.56. The van der Waals surface area contributed by atoms with Gasteiger partial charge in [0, 0.05) is 18.8 Å². The summed E-state index contributed by atoms with van der Waals surface area (Å²) in [4.78, 5) is 4.25. The van der Waals surface area contributed by atoms with Gasteiger partial charge in [-0.15, -0.1) is 0 Å². The topological polar surface area (TPSA) is 39.1 Å². The Labute approximate surface area is 119 Å². The predicted molar refractivity (Wildman–Crippen MR) is 78.9 cm³/mol. The molecule has 0 atom stereocenters. The molecule has 3 rings (SSSR count). The van der Waals surface area contributed by atoms with Crippen LogP contribution in [0.4, 0.5) is 0 Å². The summed E-state index contributed by atoms with van der Waals surface area (Å²) in [7, 11) is 1.69. The second-order valence-corrected chi connectivity index (χ2v) is 5.30.